The van der Waals surface area contributed by atoms with Crippen molar-refractivity contribution in [2.45, 2.75) is 45.8 Å². The van der Waals surface area contributed by atoms with Gasteiger partial charge in [-0.05, 0) is 27.2 Å². The summed E-state index contributed by atoms with van der Waals surface area (Å²) >= 11 is 3.07. The van der Waals surface area contributed by atoms with E-state index in [-0.39, 0.29) is 11.1 Å². The van der Waals surface area contributed by atoms with Gasteiger partial charge in [-0.15, -0.1) is 0 Å². The Hall–Kier alpha value is -0.580. The van der Waals surface area contributed by atoms with E-state index in [1.54, 1.807) is 20.8 Å². The van der Waals surface area contributed by atoms with Crippen LogP contribution in [0.4, 0.5) is 4.79 Å². The van der Waals surface area contributed by atoms with Gasteiger partial charge >= 0.3 is 6.09 Å². The van der Waals surface area contributed by atoms with E-state index in [1.807, 2.05) is 6.92 Å². The Bertz CT molecular complexity index is 235. The van der Waals surface area contributed by atoms with Crippen molar-refractivity contribution in [3.05, 3.63) is 0 Å². The number of carbonyl (C=O) groups is 2. The molecule has 1 N–H and O–H groups in total. The fraction of sp³-hybridized carbons (Fsp3) is 0.800. The maximum absolute atomic E-state index is 11.3. The SMILES string of the molecule is CC[C@H](NC(=O)OC(C)(C)C)C(=O)CBr. The molecule has 0 aromatic rings. The minimum absolute atomic E-state index is 0.0524. The third-order valence-electron chi connectivity index (χ3n) is 1.62. The fourth-order valence-electron chi connectivity index (χ4n) is 0.953. The molecule has 1 atom stereocenters. The van der Waals surface area contributed by atoms with Gasteiger partial charge in [0.1, 0.15) is 5.60 Å². The summed E-state index contributed by atoms with van der Waals surface area (Å²) in [6, 6.07) is -0.473. The second-order valence-corrected chi connectivity index (χ2v) is 4.77. The van der Waals surface area contributed by atoms with Crippen LogP contribution < -0.4 is 5.32 Å². The third-order valence-corrected chi connectivity index (χ3v) is 2.17. The topological polar surface area (TPSA) is 55.4 Å². The largest absolute Gasteiger partial charge is 0.444 e. The molecule has 0 aromatic carbocycles. The molecule has 0 aliphatic heterocycles. The molecule has 1 amide bonds. The van der Waals surface area contributed by atoms with E-state index in [4.69, 9.17) is 4.74 Å². The van der Waals surface area contributed by atoms with Gasteiger partial charge in [0.05, 0.1) is 11.4 Å². The van der Waals surface area contributed by atoms with Crippen molar-refractivity contribution in [3.63, 3.8) is 0 Å². The number of alkyl carbamates (subject to hydrolysis) is 1. The minimum Gasteiger partial charge on any atom is -0.444 e. The summed E-state index contributed by atoms with van der Waals surface area (Å²) in [5.41, 5.74) is -0.542. The predicted octanol–water partition coefficient (Wildman–Crippen LogP) is 2.25. The number of Topliss-reactive ketones (excluding diaryl/α,β-unsaturated/α-hetero) is 1. The highest BCUT2D eigenvalue weighted by Crippen LogP contribution is 2.07. The van der Waals surface area contributed by atoms with Gasteiger partial charge in [-0.1, -0.05) is 22.9 Å². The van der Waals surface area contributed by atoms with Crippen LogP contribution in [-0.4, -0.2) is 28.8 Å². The summed E-state index contributed by atoms with van der Waals surface area (Å²) in [4.78, 5) is 22.7. The smallest absolute Gasteiger partial charge is 0.408 e. The average Bonchev–Trinajstić information content (AvgIpc) is 2.10. The third kappa shape index (κ3) is 6.49. The van der Waals surface area contributed by atoms with E-state index in [1.165, 1.54) is 0 Å². The highest BCUT2D eigenvalue weighted by Gasteiger charge is 2.21. The Balaban J connectivity index is 4.20. The van der Waals surface area contributed by atoms with Gasteiger partial charge in [-0.3, -0.25) is 4.79 Å². The Morgan fingerprint density at radius 1 is 1.40 bits per heavy atom. The Labute approximate surface area is 98.9 Å². The second kappa shape index (κ2) is 6.10. The molecule has 4 nitrogen and oxygen atoms in total. The highest BCUT2D eigenvalue weighted by molar-refractivity contribution is 9.09. The van der Waals surface area contributed by atoms with Crippen LogP contribution in [0.15, 0.2) is 0 Å². The monoisotopic (exact) mass is 279 g/mol. The molecule has 0 fully saturated rings. The number of halogens is 1. The molecule has 0 bridgehead atoms. The molecule has 0 saturated heterocycles. The van der Waals surface area contributed by atoms with Crippen molar-refractivity contribution in [3.8, 4) is 0 Å². The van der Waals surface area contributed by atoms with E-state index < -0.39 is 17.7 Å². The average molecular weight is 280 g/mol. The normalized spacial score (nSPS) is 13.1. The zero-order chi connectivity index (χ0) is 12.1. The van der Waals surface area contributed by atoms with E-state index in [0.29, 0.717) is 6.42 Å². The van der Waals surface area contributed by atoms with Crippen LogP contribution in [-0.2, 0) is 9.53 Å². The number of nitrogens with one attached hydrogen (secondary N) is 1. The van der Waals surface area contributed by atoms with Crippen LogP contribution in [0.2, 0.25) is 0 Å². The molecule has 0 aliphatic rings. The molecule has 0 aliphatic carbocycles. The fourth-order valence-corrected chi connectivity index (χ4v) is 1.34. The number of alkyl halides is 1. The zero-order valence-corrected chi connectivity index (χ0v) is 11.2. The predicted molar refractivity (Wildman–Crippen MR) is 62.2 cm³/mol. The molecule has 0 radical (unpaired) electrons. The van der Waals surface area contributed by atoms with Crippen LogP contribution in [0.3, 0.4) is 0 Å². The molecule has 5 heteroatoms. The van der Waals surface area contributed by atoms with Crippen molar-refractivity contribution < 1.29 is 14.3 Å². The summed E-state index contributed by atoms with van der Waals surface area (Å²) in [6.07, 6.45) is 0.00703. The van der Waals surface area contributed by atoms with Crippen LogP contribution in [0, 0.1) is 0 Å². The first kappa shape index (κ1) is 14.4. The summed E-state index contributed by atoms with van der Waals surface area (Å²) in [7, 11) is 0. The maximum Gasteiger partial charge on any atom is 0.408 e. The number of ketones is 1. The molecule has 0 rings (SSSR count). The van der Waals surface area contributed by atoms with Crippen molar-refractivity contribution in [1.29, 1.82) is 0 Å². The molecule has 0 saturated carbocycles. The molecule has 0 heterocycles. The lowest BCUT2D eigenvalue weighted by Crippen LogP contribution is -2.43. The lowest BCUT2D eigenvalue weighted by atomic mass is 10.1. The van der Waals surface area contributed by atoms with Crippen LogP contribution in [0.1, 0.15) is 34.1 Å². The van der Waals surface area contributed by atoms with E-state index >= 15 is 0 Å². The summed E-state index contributed by atoms with van der Waals surface area (Å²) in [5, 5.41) is 2.77. The molecule has 88 valence electrons. The van der Waals surface area contributed by atoms with Crippen molar-refractivity contribution in [2.75, 3.05) is 5.33 Å². The minimum atomic E-state index is -0.552. The Kier molecular flexibility index (Phi) is 5.87. The van der Waals surface area contributed by atoms with Crippen LogP contribution in [0.25, 0.3) is 0 Å². The first-order valence-corrected chi connectivity index (χ1v) is 6.00. The highest BCUT2D eigenvalue weighted by atomic mass is 79.9. The van der Waals surface area contributed by atoms with Gasteiger partial charge in [0.2, 0.25) is 0 Å². The first-order valence-electron chi connectivity index (χ1n) is 4.88. The summed E-state index contributed by atoms with van der Waals surface area (Å²) in [6.45, 7) is 7.17. The molecule has 0 unspecified atom stereocenters. The van der Waals surface area contributed by atoms with Crippen molar-refractivity contribution in [1.82, 2.24) is 5.32 Å². The zero-order valence-electron chi connectivity index (χ0n) is 9.59. The van der Waals surface area contributed by atoms with Gasteiger partial charge < -0.3 is 10.1 Å². The lowest BCUT2D eigenvalue weighted by molar-refractivity contribution is -0.118. The van der Waals surface area contributed by atoms with Crippen LogP contribution >= 0.6 is 15.9 Å². The second-order valence-electron chi connectivity index (χ2n) is 4.21. The molecular formula is C10H18BrNO3. The maximum atomic E-state index is 11.3. The Morgan fingerprint density at radius 2 is 1.93 bits per heavy atom. The van der Waals surface area contributed by atoms with Gasteiger partial charge in [0, 0.05) is 0 Å². The number of hydrogen-bond donors (Lipinski definition) is 1. The van der Waals surface area contributed by atoms with Crippen LogP contribution in [0.5, 0.6) is 0 Å². The number of amides is 1. The first-order chi connectivity index (χ1) is 6.80. The molecule has 15 heavy (non-hydrogen) atoms. The number of carbonyl (C=O) groups excluding carboxylic acids is 2. The Morgan fingerprint density at radius 3 is 2.27 bits per heavy atom. The number of rotatable bonds is 4. The number of ether oxygens (including phenoxy) is 1. The molecule has 0 spiro atoms. The van der Waals surface area contributed by atoms with E-state index in [2.05, 4.69) is 21.2 Å². The van der Waals surface area contributed by atoms with Crippen molar-refractivity contribution in [2.24, 2.45) is 0 Å². The van der Waals surface area contributed by atoms with Gasteiger partial charge in [0.25, 0.3) is 0 Å². The van der Waals surface area contributed by atoms with E-state index in [9.17, 15) is 9.59 Å². The summed E-state index contributed by atoms with van der Waals surface area (Å²) < 4.78 is 5.05. The quantitative estimate of drug-likeness (QED) is 0.803. The van der Waals surface area contributed by atoms with Crippen molar-refractivity contribution >= 4 is 27.8 Å². The molecule has 0 aromatic heterocycles. The van der Waals surface area contributed by atoms with Gasteiger partial charge in [0.15, 0.2) is 5.78 Å². The lowest BCUT2D eigenvalue weighted by Gasteiger charge is -2.22. The molecular weight excluding hydrogens is 262 g/mol. The van der Waals surface area contributed by atoms with Gasteiger partial charge in [-0.2, -0.15) is 0 Å². The van der Waals surface area contributed by atoms with E-state index in [0.717, 1.165) is 0 Å². The number of hydrogen-bond acceptors (Lipinski definition) is 3. The summed E-state index contributed by atoms with van der Waals surface area (Å²) in [5.74, 6) is -0.0524. The van der Waals surface area contributed by atoms with Gasteiger partial charge in [-0.25, -0.2) is 4.79 Å². The standard InChI is InChI=1S/C10H18BrNO3/c1-5-7(8(13)6-11)12-9(14)15-10(2,3)4/h7H,5-6H2,1-4H3,(H,12,14)/t7-/m0/s1.